The maximum Gasteiger partial charge on any atom is 0.0676 e. The van der Waals surface area contributed by atoms with Crippen LogP contribution in [-0.2, 0) is 0 Å². The highest BCUT2D eigenvalue weighted by molar-refractivity contribution is 8.16. The summed E-state index contributed by atoms with van der Waals surface area (Å²) in [7, 11) is 0. The van der Waals surface area contributed by atoms with Crippen LogP contribution in [0.4, 0.5) is 0 Å². The standard InChI is InChI=1S/C10H20S2/c1-5-6-9(2)7-8-10(11-3)12-4/h7-10H,5-6H2,1-4H3/b8-7+. The third-order valence-electron chi connectivity index (χ3n) is 1.81. The minimum absolute atomic E-state index is 0.643. The van der Waals surface area contributed by atoms with Crippen LogP contribution >= 0.6 is 23.5 Å². The molecule has 0 bridgehead atoms. The van der Waals surface area contributed by atoms with Crippen molar-refractivity contribution < 1.29 is 0 Å². The van der Waals surface area contributed by atoms with Gasteiger partial charge in [-0.25, -0.2) is 0 Å². The molecule has 0 aromatic heterocycles. The first kappa shape index (κ1) is 12.4. The van der Waals surface area contributed by atoms with E-state index in [1.54, 1.807) is 0 Å². The number of hydrogen-bond acceptors (Lipinski definition) is 2. The summed E-state index contributed by atoms with van der Waals surface area (Å²) in [6.45, 7) is 4.53. The molecule has 0 aliphatic rings. The lowest BCUT2D eigenvalue weighted by Gasteiger charge is -2.07. The van der Waals surface area contributed by atoms with E-state index in [9.17, 15) is 0 Å². The second-order valence-corrected chi connectivity index (χ2v) is 5.25. The molecule has 2 heteroatoms. The second kappa shape index (κ2) is 8.06. The van der Waals surface area contributed by atoms with E-state index in [4.69, 9.17) is 0 Å². The van der Waals surface area contributed by atoms with Crippen LogP contribution in [0.25, 0.3) is 0 Å². The largest absolute Gasteiger partial charge is 0.147 e. The van der Waals surface area contributed by atoms with Crippen LogP contribution < -0.4 is 0 Å². The van der Waals surface area contributed by atoms with Gasteiger partial charge in [-0.3, -0.25) is 0 Å². The number of hydrogen-bond donors (Lipinski definition) is 0. The Kier molecular flexibility index (Phi) is 8.35. The number of rotatable bonds is 6. The fraction of sp³-hybridized carbons (Fsp3) is 0.800. The molecule has 1 atom stereocenters. The van der Waals surface area contributed by atoms with Crippen LogP contribution in [0.1, 0.15) is 26.7 Å². The lowest BCUT2D eigenvalue weighted by atomic mass is 10.1. The molecule has 0 aromatic rings. The Labute approximate surface area is 85.6 Å². The Balaban J connectivity index is 3.69. The SMILES string of the molecule is CCCC(C)/C=C/C(SC)SC. The molecule has 0 nitrogen and oxygen atoms in total. The summed E-state index contributed by atoms with van der Waals surface area (Å²) in [6, 6.07) is 0. The Morgan fingerprint density at radius 3 is 2.17 bits per heavy atom. The molecule has 0 amide bonds. The number of thioether (sulfide) groups is 2. The average Bonchev–Trinajstić information content (AvgIpc) is 2.07. The van der Waals surface area contributed by atoms with Gasteiger partial charge in [-0.05, 0) is 24.9 Å². The summed E-state index contributed by atoms with van der Waals surface area (Å²) in [5.41, 5.74) is 0. The van der Waals surface area contributed by atoms with E-state index in [0.29, 0.717) is 4.58 Å². The molecule has 0 heterocycles. The molecular weight excluding hydrogens is 184 g/mol. The zero-order valence-corrected chi connectivity index (χ0v) is 10.2. The van der Waals surface area contributed by atoms with E-state index >= 15 is 0 Å². The molecule has 0 aromatic carbocycles. The van der Waals surface area contributed by atoms with Gasteiger partial charge in [0, 0.05) is 0 Å². The molecule has 0 spiro atoms. The normalized spacial score (nSPS) is 14.4. The van der Waals surface area contributed by atoms with Crippen molar-refractivity contribution in [3.8, 4) is 0 Å². The van der Waals surface area contributed by atoms with Gasteiger partial charge in [0.2, 0.25) is 0 Å². The quantitative estimate of drug-likeness (QED) is 0.473. The highest BCUT2D eigenvalue weighted by atomic mass is 32.2. The van der Waals surface area contributed by atoms with Crippen molar-refractivity contribution in [3.63, 3.8) is 0 Å². The van der Waals surface area contributed by atoms with Crippen molar-refractivity contribution in [3.05, 3.63) is 12.2 Å². The van der Waals surface area contributed by atoms with E-state index in [1.165, 1.54) is 12.8 Å². The van der Waals surface area contributed by atoms with E-state index < -0.39 is 0 Å². The van der Waals surface area contributed by atoms with Crippen molar-refractivity contribution in [2.24, 2.45) is 5.92 Å². The third kappa shape index (κ3) is 6.01. The average molecular weight is 204 g/mol. The summed E-state index contributed by atoms with van der Waals surface area (Å²) < 4.78 is 0.643. The van der Waals surface area contributed by atoms with Gasteiger partial charge in [0.05, 0.1) is 4.58 Å². The van der Waals surface area contributed by atoms with Crippen molar-refractivity contribution in [2.75, 3.05) is 12.5 Å². The molecule has 0 fully saturated rings. The van der Waals surface area contributed by atoms with Crippen molar-refractivity contribution in [1.29, 1.82) is 0 Å². The maximum absolute atomic E-state index is 2.35. The van der Waals surface area contributed by atoms with Crippen molar-refractivity contribution in [2.45, 2.75) is 31.3 Å². The molecular formula is C10H20S2. The smallest absolute Gasteiger partial charge is 0.0676 e. The van der Waals surface area contributed by atoms with Gasteiger partial charge >= 0.3 is 0 Å². The van der Waals surface area contributed by atoms with Gasteiger partial charge in [0.25, 0.3) is 0 Å². The summed E-state index contributed by atoms with van der Waals surface area (Å²) in [4.78, 5) is 0. The Morgan fingerprint density at radius 2 is 1.75 bits per heavy atom. The lowest BCUT2D eigenvalue weighted by Crippen LogP contribution is -1.92. The van der Waals surface area contributed by atoms with Gasteiger partial charge in [0.1, 0.15) is 0 Å². The highest BCUT2D eigenvalue weighted by Crippen LogP contribution is 2.20. The molecule has 0 aliphatic carbocycles. The van der Waals surface area contributed by atoms with Crippen LogP contribution in [0, 0.1) is 5.92 Å². The molecule has 72 valence electrons. The molecule has 0 saturated heterocycles. The predicted molar refractivity (Wildman–Crippen MR) is 64.0 cm³/mol. The minimum atomic E-state index is 0.643. The summed E-state index contributed by atoms with van der Waals surface area (Å²) in [5.74, 6) is 0.747. The molecule has 1 unspecified atom stereocenters. The topological polar surface area (TPSA) is 0 Å². The van der Waals surface area contributed by atoms with Crippen molar-refractivity contribution >= 4 is 23.5 Å². The molecule has 0 saturated carbocycles. The first-order valence-corrected chi connectivity index (χ1v) is 7.06. The maximum atomic E-state index is 2.35. The highest BCUT2D eigenvalue weighted by Gasteiger charge is 1.99. The van der Waals surface area contributed by atoms with E-state index in [0.717, 1.165) is 5.92 Å². The van der Waals surface area contributed by atoms with Gasteiger partial charge in [-0.1, -0.05) is 32.4 Å². The van der Waals surface area contributed by atoms with Gasteiger partial charge < -0.3 is 0 Å². The van der Waals surface area contributed by atoms with E-state index in [1.807, 2.05) is 23.5 Å². The van der Waals surface area contributed by atoms with Crippen LogP contribution in [0.5, 0.6) is 0 Å². The van der Waals surface area contributed by atoms with E-state index in [-0.39, 0.29) is 0 Å². The second-order valence-electron chi connectivity index (χ2n) is 2.99. The summed E-state index contributed by atoms with van der Waals surface area (Å²) in [5, 5.41) is 0. The van der Waals surface area contributed by atoms with E-state index in [2.05, 4.69) is 38.5 Å². The first-order chi connectivity index (χ1) is 5.74. The summed E-state index contributed by atoms with van der Waals surface area (Å²) >= 11 is 3.81. The molecule has 0 radical (unpaired) electrons. The zero-order chi connectivity index (χ0) is 9.40. The molecule has 0 aliphatic heterocycles. The number of allylic oxidation sites excluding steroid dienone is 1. The monoisotopic (exact) mass is 204 g/mol. The Bertz CT molecular complexity index is 117. The van der Waals surface area contributed by atoms with Gasteiger partial charge in [-0.15, -0.1) is 23.5 Å². The lowest BCUT2D eigenvalue weighted by molar-refractivity contribution is 0.633. The first-order valence-electron chi connectivity index (χ1n) is 4.48. The fourth-order valence-corrected chi connectivity index (χ4v) is 2.35. The van der Waals surface area contributed by atoms with Gasteiger partial charge in [-0.2, -0.15) is 0 Å². The zero-order valence-electron chi connectivity index (χ0n) is 8.54. The van der Waals surface area contributed by atoms with Crippen LogP contribution in [-0.4, -0.2) is 17.1 Å². The Hall–Kier alpha value is 0.440. The molecule has 0 rings (SSSR count). The van der Waals surface area contributed by atoms with Crippen molar-refractivity contribution in [1.82, 2.24) is 0 Å². The third-order valence-corrected chi connectivity index (χ3v) is 4.20. The minimum Gasteiger partial charge on any atom is -0.147 e. The van der Waals surface area contributed by atoms with Crippen LogP contribution in [0.3, 0.4) is 0 Å². The molecule has 12 heavy (non-hydrogen) atoms. The Morgan fingerprint density at radius 1 is 1.17 bits per heavy atom. The van der Waals surface area contributed by atoms with Gasteiger partial charge in [0.15, 0.2) is 0 Å². The van der Waals surface area contributed by atoms with Crippen LogP contribution in [0.2, 0.25) is 0 Å². The molecule has 0 N–H and O–H groups in total. The van der Waals surface area contributed by atoms with Crippen LogP contribution in [0.15, 0.2) is 12.2 Å². The summed E-state index contributed by atoms with van der Waals surface area (Å²) in [6.07, 6.45) is 11.6. The predicted octanol–water partition coefficient (Wildman–Crippen LogP) is 4.03. The fourth-order valence-electron chi connectivity index (χ4n) is 1.09.